The number of carbonyl (C=O) groups is 1. The van der Waals surface area contributed by atoms with Crippen LogP contribution >= 0.6 is 11.3 Å². The van der Waals surface area contributed by atoms with E-state index in [2.05, 4.69) is 9.72 Å². The summed E-state index contributed by atoms with van der Waals surface area (Å²) in [5.74, 6) is 0.433. The van der Waals surface area contributed by atoms with E-state index in [1.165, 1.54) is 25.0 Å². The zero-order chi connectivity index (χ0) is 11.5. The summed E-state index contributed by atoms with van der Waals surface area (Å²) in [6.45, 7) is 0.433. The van der Waals surface area contributed by atoms with Crippen molar-refractivity contribution in [3.8, 4) is 0 Å². The minimum absolute atomic E-state index is 0.00352. The van der Waals surface area contributed by atoms with Crippen LogP contribution in [-0.2, 0) is 9.53 Å². The summed E-state index contributed by atoms with van der Waals surface area (Å²) in [5.41, 5.74) is 6.61. The van der Waals surface area contributed by atoms with E-state index < -0.39 is 0 Å². The summed E-state index contributed by atoms with van der Waals surface area (Å²) < 4.78 is 4.65. The highest BCUT2D eigenvalue weighted by atomic mass is 32.1. The molecule has 0 bridgehead atoms. The fraction of sp³-hybridized carbons (Fsp3) is 0.636. The Hall–Kier alpha value is -0.940. The van der Waals surface area contributed by atoms with Crippen LogP contribution < -0.4 is 5.73 Å². The summed E-state index contributed by atoms with van der Waals surface area (Å²) in [6.07, 6.45) is 2.81. The van der Waals surface area contributed by atoms with Gasteiger partial charge >= 0.3 is 5.97 Å². The first-order chi connectivity index (χ1) is 7.74. The molecule has 1 saturated carbocycles. The number of nitrogens with zero attached hydrogens (tertiary/aromatic N) is 1. The molecule has 1 aromatic rings. The van der Waals surface area contributed by atoms with Crippen molar-refractivity contribution >= 4 is 17.3 Å². The molecule has 0 amide bonds. The Balaban J connectivity index is 2.03. The van der Waals surface area contributed by atoms with Gasteiger partial charge in [-0.2, -0.15) is 0 Å². The molecule has 1 fully saturated rings. The molecule has 1 aliphatic rings. The third-order valence-electron chi connectivity index (χ3n) is 2.81. The molecule has 1 unspecified atom stereocenters. The van der Waals surface area contributed by atoms with Crippen molar-refractivity contribution < 1.29 is 9.53 Å². The number of ether oxygens (including phenoxy) is 1. The highest BCUT2D eigenvalue weighted by molar-refractivity contribution is 7.09. The molecule has 0 saturated heterocycles. The van der Waals surface area contributed by atoms with E-state index in [0.29, 0.717) is 18.9 Å². The summed E-state index contributed by atoms with van der Waals surface area (Å²) in [6, 6.07) is 0. The van der Waals surface area contributed by atoms with E-state index in [4.69, 9.17) is 5.73 Å². The number of thiazole rings is 1. The number of methoxy groups -OCH3 is 1. The van der Waals surface area contributed by atoms with Gasteiger partial charge in [0.1, 0.15) is 0 Å². The first-order valence-electron chi connectivity index (χ1n) is 5.46. The van der Waals surface area contributed by atoms with Crippen LogP contribution in [0.5, 0.6) is 0 Å². The minimum Gasteiger partial charge on any atom is -0.469 e. The fourth-order valence-corrected chi connectivity index (χ4v) is 2.67. The molecular weight excluding hydrogens is 224 g/mol. The van der Waals surface area contributed by atoms with Crippen LogP contribution in [0.3, 0.4) is 0 Å². The van der Waals surface area contributed by atoms with Gasteiger partial charge in [0.15, 0.2) is 0 Å². The molecule has 16 heavy (non-hydrogen) atoms. The number of aromatic nitrogens is 1. The van der Waals surface area contributed by atoms with Gasteiger partial charge in [-0.1, -0.05) is 0 Å². The number of carbonyl (C=O) groups excluding carboxylic acids is 1. The van der Waals surface area contributed by atoms with Gasteiger partial charge in [0, 0.05) is 23.8 Å². The minimum atomic E-state index is -0.226. The van der Waals surface area contributed by atoms with Crippen LogP contribution in [0.4, 0.5) is 0 Å². The van der Waals surface area contributed by atoms with Gasteiger partial charge in [0.25, 0.3) is 0 Å². The lowest BCUT2D eigenvalue weighted by Gasteiger charge is -2.09. The van der Waals surface area contributed by atoms with Gasteiger partial charge in [-0.3, -0.25) is 4.79 Å². The quantitative estimate of drug-likeness (QED) is 0.794. The van der Waals surface area contributed by atoms with Gasteiger partial charge in [-0.25, -0.2) is 4.98 Å². The van der Waals surface area contributed by atoms with Gasteiger partial charge in [0.05, 0.1) is 24.2 Å². The first-order valence-corrected chi connectivity index (χ1v) is 6.34. The highest BCUT2D eigenvalue weighted by Crippen LogP contribution is 2.42. The molecule has 5 heteroatoms. The summed E-state index contributed by atoms with van der Waals surface area (Å²) in [5, 5.41) is 3.21. The van der Waals surface area contributed by atoms with E-state index in [-0.39, 0.29) is 11.9 Å². The van der Waals surface area contributed by atoms with Gasteiger partial charge in [-0.15, -0.1) is 11.3 Å². The van der Waals surface area contributed by atoms with E-state index in [9.17, 15) is 4.79 Å². The average Bonchev–Trinajstić information content (AvgIpc) is 3.04. The molecule has 88 valence electrons. The first kappa shape index (κ1) is 11.5. The fourth-order valence-electron chi connectivity index (χ4n) is 1.60. The molecule has 0 aliphatic heterocycles. The second kappa shape index (κ2) is 4.93. The average molecular weight is 240 g/mol. The normalized spacial score (nSPS) is 17.1. The maximum Gasteiger partial charge on any atom is 0.306 e. The molecule has 0 spiro atoms. The van der Waals surface area contributed by atoms with Crippen molar-refractivity contribution in [3.63, 3.8) is 0 Å². The van der Waals surface area contributed by atoms with Crippen molar-refractivity contribution in [2.24, 2.45) is 5.73 Å². The SMILES string of the molecule is COC(=O)CC(CN)c1csc(C2CC2)n1. The smallest absolute Gasteiger partial charge is 0.306 e. The Labute approximate surface area is 98.8 Å². The molecule has 1 aromatic heterocycles. The van der Waals surface area contributed by atoms with E-state index >= 15 is 0 Å². The second-order valence-electron chi connectivity index (χ2n) is 4.10. The molecular formula is C11H16N2O2S. The summed E-state index contributed by atoms with van der Waals surface area (Å²) in [4.78, 5) is 15.8. The maximum atomic E-state index is 11.2. The Bertz CT molecular complexity index is 374. The Morgan fingerprint density at radius 1 is 1.75 bits per heavy atom. The molecule has 1 atom stereocenters. The van der Waals surface area contributed by atoms with Gasteiger partial charge in [0.2, 0.25) is 0 Å². The standard InChI is InChI=1S/C11H16N2O2S/c1-15-10(14)4-8(5-12)9-6-16-11(13-9)7-2-3-7/h6-8H,2-5,12H2,1H3. The van der Waals surface area contributed by atoms with Crippen LogP contribution in [0.25, 0.3) is 0 Å². The van der Waals surface area contributed by atoms with Crippen LogP contribution in [0.2, 0.25) is 0 Å². The maximum absolute atomic E-state index is 11.2. The molecule has 0 aromatic carbocycles. The second-order valence-corrected chi connectivity index (χ2v) is 4.99. The predicted molar refractivity (Wildman–Crippen MR) is 62.5 cm³/mol. The lowest BCUT2D eigenvalue weighted by Crippen LogP contribution is -2.17. The Kier molecular flexibility index (Phi) is 3.56. The van der Waals surface area contributed by atoms with Crippen LogP contribution in [0, 0.1) is 0 Å². The zero-order valence-electron chi connectivity index (χ0n) is 9.31. The number of nitrogens with two attached hydrogens (primary N) is 1. The van der Waals surface area contributed by atoms with Crippen molar-refractivity contribution in [1.82, 2.24) is 4.98 Å². The summed E-state index contributed by atoms with van der Waals surface area (Å²) in [7, 11) is 1.40. The molecule has 1 aliphatic carbocycles. The van der Waals surface area contributed by atoms with E-state index in [1.807, 2.05) is 5.38 Å². The van der Waals surface area contributed by atoms with Crippen molar-refractivity contribution in [2.45, 2.75) is 31.1 Å². The third kappa shape index (κ3) is 2.59. The predicted octanol–water partition coefficient (Wildman–Crippen LogP) is 1.63. The molecule has 2 rings (SSSR count). The number of hydrogen-bond acceptors (Lipinski definition) is 5. The third-order valence-corrected chi connectivity index (χ3v) is 3.84. The van der Waals surface area contributed by atoms with Gasteiger partial charge in [-0.05, 0) is 12.8 Å². The number of esters is 1. The zero-order valence-corrected chi connectivity index (χ0v) is 10.1. The van der Waals surface area contributed by atoms with Crippen molar-refractivity contribution in [2.75, 3.05) is 13.7 Å². The molecule has 2 N–H and O–H groups in total. The van der Waals surface area contributed by atoms with Crippen LogP contribution in [0.1, 0.15) is 41.8 Å². The van der Waals surface area contributed by atoms with Crippen LogP contribution in [0.15, 0.2) is 5.38 Å². The van der Waals surface area contributed by atoms with Crippen LogP contribution in [-0.4, -0.2) is 24.6 Å². The topological polar surface area (TPSA) is 65.2 Å². The van der Waals surface area contributed by atoms with Crippen molar-refractivity contribution in [3.05, 3.63) is 16.1 Å². The Morgan fingerprint density at radius 3 is 3.06 bits per heavy atom. The number of rotatable bonds is 5. The summed E-state index contributed by atoms with van der Waals surface area (Å²) >= 11 is 1.68. The lowest BCUT2D eigenvalue weighted by molar-refractivity contribution is -0.141. The largest absolute Gasteiger partial charge is 0.469 e. The van der Waals surface area contributed by atoms with Crippen molar-refractivity contribution in [1.29, 1.82) is 0 Å². The molecule has 1 heterocycles. The van der Waals surface area contributed by atoms with Gasteiger partial charge < -0.3 is 10.5 Å². The Morgan fingerprint density at radius 2 is 2.50 bits per heavy atom. The van der Waals surface area contributed by atoms with E-state index in [1.54, 1.807) is 11.3 Å². The monoisotopic (exact) mass is 240 g/mol. The highest BCUT2D eigenvalue weighted by Gasteiger charge is 2.28. The van der Waals surface area contributed by atoms with E-state index in [0.717, 1.165) is 5.69 Å². The number of hydrogen-bond donors (Lipinski definition) is 1. The molecule has 4 nitrogen and oxygen atoms in total. The lowest BCUT2D eigenvalue weighted by atomic mass is 10.0. The molecule has 0 radical (unpaired) electrons.